The minimum absolute atomic E-state index is 0.165. The van der Waals surface area contributed by atoms with Crippen molar-refractivity contribution in [3.8, 4) is 0 Å². The molecule has 5 heteroatoms. The fourth-order valence-corrected chi connectivity index (χ4v) is 2.26. The number of ether oxygens (including phenoxy) is 2. The van der Waals surface area contributed by atoms with Crippen LogP contribution >= 0.6 is 15.9 Å². The maximum absolute atomic E-state index is 13.5. The van der Waals surface area contributed by atoms with Crippen LogP contribution in [0.5, 0.6) is 0 Å². The number of rotatable bonds is 4. The molecule has 1 aromatic carbocycles. The third-order valence-electron chi connectivity index (χ3n) is 2.68. The molecule has 0 aliphatic carbocycles. The smallest absolute Gasteiger partial charge is 0.159 e. The molecule has 1 heterocycles. The van der Waals surface area contributed by atoms with E-state index in [1.165, 1.54) is 6.07 Å². The number of halogens is 2. The van der Waals surface area contributed by atoms with Gasteiger partial charge in [-0.15, -0.1) is 0 Å². The Labute approximate surface area is 108 Å². The Morgan fingerprint density at radius 1 is 1.41 bits per heavy atom. The summed E-state index contributed by atoms with van der Waals surface area (Å²) in [5.74, 6) is -0.225. The molecule has 17 heavy (non-hydrogen) atoms. The van der Waals surface area contributed by atoms with E-state index in [0.29, 0.717) is 31.6 Å². The summed E-state index contributed by atoms with van der Waals surface area (Å²) in [6.07, 6.45) is 0.834. The molecule has 0 spiro atoms. The first-order valence-electron chi connectivity index (χ1n) is 5.58. The fraction of sp³-hybridized carbons (Fsp3) is 0.500. The first-order chi connectivity index (χ1) is 8.15. The Hall–Kier alpha value is -0.490. The Bertz CT molecular complexity index is 383. The van der Waals surface area contributed by atoms with Gasteiger partial charge in [-0.05, 0) is 30.2 Å². The van der Waals surface area contributed by atoms with Gasteiger partial charge in [-0.1, -0.05) is 15.9 Å². The second kappa shape index (κ2) is 5.91. The highest BCUT2D eigenvalue weighted by atomic mass is 79.9. The molecule has 2 N–H and O–H groups in total. The van der Waals surface area contributed by atoms with Gasteiger partial charge in [0, 0.05) is 16.9 Å². The molecule has 94 valence electrons. The van der Waals surface area contributed by atoms with Gasteiger partial charge < -0.3 is 15.2 Å². The Balaban J connectivity index is 1.92. The second-order valence-corrected chi connectivity index (χ2v) is 5.02. The SMILES string of the molecule is NC(Cc1cc(Br)ccc1F)CC1OCCO1. The van der Waals surface area contributed by atoms with E-state index in [1.54, 1.807) is 12.1 Å². The van der Waals surface area contributed by atoms with E-state index >= 15 is 0 Å². The van der Waals surface area contributed by atoms with Crippen molar-refractivity contribution in [1.29, 1.82) is 0 Å². The van der Waals surface area contributed by atoms with E-state index in [4.69, 9.17) is 15.2 Å². The van der Waals surface area contributed by atoms with E-state index in [9.17, 15) is 4.39 Å². The van der Waals surface area contributed by atoms with Gasteiger partial charge in [0.2, 0.25) is 0 Å². The fourth-order valence-electron chi connectivity index (χ4n) is 1.86. The van der Waals surface area contributed by atoms with Gasteiger partial charge in [0.1, 0.15) is 5.82 Å². The van der Waals surface area contributed by atoms with Crippen LogP contribution in [0.1, 0.15) is 12.0 Å². The molecule has 1 saturated heterocycles. The van der Waals surface area contributed by atoms with Crippen molar-refractivity contribution in [2.75, 3.05) is 13.2 Å². The van der Waals surface area contributed by atoms with Gasteiger partial charge in [-0.25, -0.2) is 4.39 Å². The lowest BCUT2D eigenvalue weighted by Crippen LogP contribution is -2.29. The van der Waals surface area contributed by atoms with Crippen molar-refractivity contribution in [2.24, 2.45) is 5.73 Å². The van der Waals surface area contributed by atoms with E-state index in [0.717, 1.165) is 4.47 Å². The summed E-state index contributed by atoms with van der Waals surface area (Å²) in [6.45, 7) is 1.23. The number of benzene rings is 1. The standard InChI is InChI=1S/C12H15BrFNO2/c13-9-1-2-11(14)8(5-9)6-10(15)7-12-16-3-4-17-12/h1-2,5,10,12H,3-4,6-7,15H2. The zero-order valence-electron chi connectivity index (χ0n) is 9.36. The summed E-state index contributed by atoms with van der Waals surface area (Å²) < 4.78 is 25.0. The Morgan fingerprint density at radius 2 is 2.12 bits per heavy atom. The molecule has 0 saturated carbocycles. The minimum atomic E-state index is -0.236. The van der Waals surface area contributed by atoms with Crippen LogP contribution in [0.25, 0.3) is 0 Å². The first kappa shape index (κ1) is 13.0. The number of nitrogens with two attached hydrogens (primary N) is 1. The van der Waals surface area contributed by atoms with Gasteiger partial charge in [0.25, 0.3) is 0 Å². The monoisotopic (exact) mass is 303 g/mol. The molecule has 1 aliphatic rings. The van der Waals surface area contributed by atoms with Gasteiger partial charge >= 0.3 is 0 Å². The summed E-state index contributed by atoms with van der Waals surface area (Å²) in [4.78, 5) is 0. The van der Waals surface area contributed by atoms with Crippen LogP contribution in [0.15, 0.2) is 22.7 Å². The van der Waals surface area contributed by atoms with Crippen LogP contribution < -0.4 is 5.73 Å². The molecule has 0 bridgehead atoms. The molecule has 0 radical (unpaired) electrons. The summed E-state index contributed by atoms with van der Waals surface area (Å²) in [5.41, 5.74) is 6.58. The average Bonchev–Trinajstić information content (AvgIpc) is 2.76. The Kier molecular flexibility index (Phi) is 4.50. The van der Waals surface area contributed by atoms with E-state index < -0.39 is 0 Å². The Morgan fingerprint density at radius 3 is 2.82 bits per heavy atom. The van der Waals surface area contributed by atoms with Crippen LogP contribution in [-0.2, 0) is 15.9 Å². The third kappa shape index (κ3) is 3.74. The molecule has 0 amide bonds. The topological polar surface area (TPSA) is 44.5 Å². The average molecular weight is 304 g/mol. The van der Waals surface area contributed by atoms with Crippen molar-refractivity contribution in [3.05, 3.63) is 34.1 Å². The van der Waals surface area contributed by atoms with E-state index in [-0.39, 0.29) is 18.1 Å². The summed E-state index contributed by atoms with van der Waals surface area (Å²) in [5, 5.41) is 0. The van der Waals surface area contributed by atoms with Crippen molar-refractivity contribution in [2.45, 2.75) is 25.2 Å². The molecule has 1 aromatic rings. The highest BCUT2D eigenvalue weighted by molar-refractivity contribution is 9.10. The predicted molar refractivity (Wildman–Crippen MR) is 66.1 cm³/mol. The van der Waals surface area contributed by atoms with E-state index in [2.05, 4.69) is 15.9 Å². The zero-order valence-corrected chi connectivity index (χ0v) is 11.0. The van der Waals surface area contributed by atoms with Crippen molar-refractivity contribution < 1.29 is 13.9 Å². The molecular weight excluding hydrogens is 289 g/mol. The highest BCUT2D eigenvalue weighted by Crippen LogP contribution is 2.18. The van der Waals surface area contributed by atoms with Gasteiger partial charge in [-0.3, -0.25) is 0 Å². The molecule has 1 atom stereocenters. The summed E-state index contributed by atoms with van der Waals surface area (Å²) in [7, 11) is 0. The van der Waals surface area contributed by atoms with Crippen LogP contribution in [-0.4, -0.2) is 25.5 Å². The lowest BCUT2D eigenvalue weighted by atomic mass is 10.0. The van der Waals surface area contributed by atoms with Crippen LogP contribution in [0.2, 0.25) is 0 Å². The van der Waals surface area contributed by atoms with Gasteiger partial charge in [0.05, 0.1) is 13.2 Å². The number of hydrogen-bond acceptors (Lipinski definition) is 3. The maximum atomic E-state index is 13.5. The molecular formula is C12H15BrFNO2. The maximum Gasteiger partial charge on any atom is 0.159 e. The van der Waals surface area contributed by atoms with Gasteiger partial charge in [0.15, 0.2) is 6.29 Å². The van der Waals surface area contributed by atoms with Crippen molar-refractivity contribution in [3.63, 3.8) is 0 Å². The number of hydrogen-bond donors (Lipinski definition) is 1. The van der Waals surface area contributed by atoms with Crippen molar-refractivity contribution >= 4 is 15.9 Å². The zero-order chi connectivity index (χ0) is 12.3. The first-order valence-corrected chi connectivity index (χ1v) is 6.37. The third-order valence-corrected chi connectivity index (χ3v) is 3.17. The van der Waals surface area contributed by atoms with Gasteiger partial charge in [-0.2, -0.15) is 0 Å². The second-order valence-electron chi connectivity index (χ2n) is 4.11. The lowest BCUT2D eigenvalue weighted by molar-refractivity contribution is -0.0505. The quantitative estimate of drug-likeness (QED) is 0.927. The van der Waals surface area contributed by atoms with E-state index in [1.807, 2.05) is 0 Å². The lowest BCUT2D eigenvalue weighted by Gasteiger charge is -2.16. The summed E-state index contributed by atoms with van der Waals surface area (Å²) >= 11 is 3.32. The molecule has 1 fully saturated rings. The van der Waals surface area contributed by atoms with Crippen molar-refractivity contribution in [1.82, 2.24) is 0 Å². The normalized spacial score (nSPS) is 18.5. The molecule has 0 aromatic heterocycles. The molecule has 2 rings (SSSR count). The minimum Gasteiger partial charge on any atom is -0.350 e. The summed E-state index contributed by atoms with van der Waals surface area (Å²) in [6, 6.07) is 4.70. The molecule has 3 nitrogen and oxygen atoms in total. The predicted octanol–water partition coefficient (Wildman–Crippen LogP) is 2.22. The largest absolute Gasteiger partial charge is 0.350 e. The molecule has 1 unspecified atom stereocenters. The van der Waals surface area contributed by atoms with Crippen LogP contribution in [0.4, 0.5) is 4.39 Å². The van der Waals surface area contributed by atoms with Crippen LogP contribution in [0.3, 0.4) is 0 Å². The van der Waals surface area contributed by atoms with Crippen LogP contribution in [0, 0.1) is 5.82 Å². The highest BCUT2D eigenvalue weighted by Gasteiger charge is 2.20. The molecule has 1 aliphatic heterocycles.